The fourth-order valence-corrected chi connectivity index (χ4v) is 2.96. The van der Waals surface area contributed by atoms with Crippen LogP contribution in [0, 0.1) is 5.92 Å². The smallest absolute Gasteiger partial charge is 0.410 e. The second-order valence-corrected chi connectivity index (χ2v) is 7.36. The Hall–Kier alpha value is -1.99. The van der Waals surface area contributed by atoms with Crippen LogP contribution in [0.2, 0.25) is 0 Å². The number of likely N-dealkylation sites (tertiary alicyclic amines) is 1. The molecule has 1 N–H and O–H groups in total. The van der Waals surface area contributed by atoms with E-state index in [1.807, 2.05) is 20.8 Å². The van der Waals surface area contributed by atoms with Crippen LogP contribution in [0.1, 0.15) is 33.6 Å². The standard InChI is InChI=1S/C16H27N3O5/c1-16(2,3)24-15(23)18-9-7-17(8-10-18)14(22)19-6-4-5-12(11-19)13(20)21/h12H,4-11H2,1-3H3,(H,20,21)/t12-/m0/s1. The summed E-state index contributed by atoms with van der Waals surface area (Å²) in [5.74, 6) is -1.33. The molecule has 2 saturated heterocycles. The molecule has 2 aliphatic rings. The third-order valence-electron chi connectivity index (χ3n) is 4.24. The highest BCUT2D eigenvalue weighted by Gasteiger charge is 2.33. The van der Waals surface area contributed by atoms with Gasteiger partial charge in [0.15, 0.2) is 0 Å². The Morgan fingerprint density at radius 2 is 1.54 bits per heavy atom. The molecule has 3 amide bonds. The predicted octanol–water partition coefficient (Wildman–Crippen LogP) is 1.46. The number of piperidine rings is 1. The molecule has 136 valence electrons. The molecule has 8 nitrogen and oxygen atoms in total. The molecule has 2 heterocycles. The number of nitrogens with zero attached hydrogens (tertiary/aromatic N) is 3. The van der Waals surface area contributed by atoms with Crippen LogP contribution in [0.15, 0.2) is 0 Å². The summed E-state index contributed by atoms with van der Waals surface area (Å²) in [4.78, 5) is 40.6. The van der Waals surface area contributed by atoms with E-state index in [1.165, 1.54) is 0 Å². The lowest BCUT2D eigenvalue weighted by Crippen LogP contribution is -2.56. The zero-order valence-corrected chi connectivity index (χ0v) is 14.7. The van der Waals surface area contributed by atoms with E-state index in [-0.39, 0.29) is 18.7 Å². The van der Waals surface area contributed by atoms with Crippen LogP contribution in [0.5, 0.6) is 0 Å². The van der Waals surface area contributed by atoms with Gasteiger partial charge < -0.3 is 24.5 Å². The monoisotopic (exact) mass is 341 g/mol. The van der Waals surface area contributed by atoms with Crippen LogP contribution in [0.3, 0.4) is 0 Å². The van der Waals surface area contributed by atoms with E-state index in [2.05, 4.69) is 0 Å². The van der Waals surface area contributed by atoms with Crippen LogP contribution in [-0.4, -0.2) is 82.8 Å². The summed E-state index contributed by atoms with van der Waals surface area (Å²) in [6, 6.07) is -0.134. The third-order valence-corrected chi connectivity index (χ3v) is 4.24. The average Bonchev–Trinajstić information content (AvgIpc) is 2.53. The van der Waals surface area contributed by atoms with Crippen molar-refractivity contribution in [3.8, 4) is 0 Å². The third kappa shape index (κ3) is 4.75. The Balaban J connectivity index is 1.84. The number of carbonyl (C=O) groups excluding carboxylic acids is 2. The molecule has 0 bridgehead atoms. The quantitative estimate of drug-likeness (QED) is 0.780. The summed E-state index contributed by atoms with van der Waals surface area (Å²) in [5, 5.41) is 9.13. The first-order valence-corrected chi connectivity index (χ1v) is 8.42. The van der Waals surface area contributed by atoms with E-state index in [1.54, 1.807) is 14.7 Å². The number of ether oxygens (including phenoxy) is 1. The van der Waals surface area contributed by atoms with Crippen molar-refractivity contribution in [2.24, 2.45) is 5.92 Å². The maximum atomic E-state index is 12.6. The summed E-state index contributed by atoms with van der Waals surface area (Å²) in [6.45, 7) is 8.04. The van der Waals surface area contributed by atoms with Crippen LogP contribution < -0.4 is 0 Å². The van der Waals surface area contributed by atoms with E-state index in [0.717, 1.165) is 0 Å². The van der Waals surface area contributed by atoms with E-state index in [4.69, 9.17) is 9.84 Å². The van der Waals surface area contributed by atoms with Gasteiger partial charge >= 0.3 is 18.1 Å². The molecule has 1 atom stereocenters. The fourth-order valence-electron chi connectivity index (χ4n) is 2.96. The topological polar surface area (TPSA) is 90.4 Å². The number of carboxylic acids is 1. The minimum absolute atomic E-state index is 0.134. The highest BCUT2D eigenvalue weighted by atomic mass is 16.6. The summed E-state index contributed by atoms with van der Waals surface area (Å²) in [7, 11) is 0. The van der Waals surface area contributed by atoms with Gasteiger partial charge in [-0.3, -0.25) is 4.79 Å². The molecule has 0 aliphatic carbocycles. The van der Waals surface area contributed by atoms with Gasteiger partial charge in [0.2, 0.25) is 0 Å². The Morgan fingerprint density at radius 1 is 0.958 bits per heavy atom. The molecule has 0 aromatic heterocycles. The Morgan fingerprint density at radius 3 is 2.08 bits per heavy atom. The zero-order chi connectivity index (χ0) is 17.9. The lowest BCUT2D eigenvalue weighted by atomic mass is 9.98. The van der Waals surface area contributed by atoms with Crippen molar-refractivity contribution in [2.45, 2.75) is 39.2 Å². The molecule has 0 aromatic rings. The number of hydrogen-bond acceptors (Lipinski definition) is 4. The number of hydrogen-bond donors (Lipinski definition) is 1. The Labute approximate surface area is 142 Å². The van der Waals surface area contributed by atoms with Gasteiger partial charge in [-0.2, -0.15) is 0 Å². The number of aliphatic carboxylic acids is 1. The molecular formula is C16H27N3O5. The lowest BCUT2D eigenvalue weighted by Gasteiger charge is -2.39. The van der Waals surface area contributed by atoms with Gasteiger partial charge in [-0.15, -0.1) is 0 Å². The van der Waals surface area contributed by atoms with Gasteiger partial charge in [-0.05, 0) is 33.6 Å². The van der Waals surface area contributed by atoms with Gasteiger partial charge in [0, 0.05) is 39.3 Å². The summed E-state index contributed by atoms with van der Waals surface area (Å²) in [5.41, 5.74) is -0.538. The molecule has 0 aromatic carbocycles. The molecule has 2 fully saturated rings. The van der Waals surface area contributed by atoms with Crippen molar-refractivity contribution in [3.63, 3.8) is 0 Å². The average molecular weight is 341 g/mol. The first-order valence-electron chi connectivity index (χ1n) is 8.42. The minimum atomic E-state index is -0.845. The van der Waals surface area contributed by atoms with E-state index in [9.17, 15) is 14.4 Å². The van der Waals surface area contributed by atoms with Crippen LogP contribution in [-0.2, 0) is 9.53 Å². The highest BCUT2D eigenvalue weighted by molar-refractivity contribution is 5.77. The molecule has 2 aliphatic heterocycles. The molecule has 0 spiro atoms. The molecular weight excluding hydrogens is 314 g/mol. The molecule has 0 unspecified atom stereocenters. The first kappa shape index (κ1) is 18.4. The number of piperazine rings is 1. The maximum Gasteiger partial charge on any atom is 0.410 e. The van der Waals surface area contributed by atoms with Crippen molar-refractivity contribution in [3.05, 3.63) is 0 Å². The zero-order valence-electron chi connectivity index (χ0n) is 14.7. The van der Waals surface area contributed by atoms with E-state index in [0.29, 0.717) is 45.6 Å². The van der Waals surface area contributed by atoms with Gasteiger partial charge in [-0.25, -0.2) is 9.59 Å². The first-order chi connectivity index (χ1) is 11.2. The molecule has 8 heteroatoms. The number of urea groups is 1. The number of amides is 3. The molecule has 0 saturated carbocycles. The number of rotatable bonds is 1. The highest BCUT2D eigenvalue weighted by Crippen LogP contribution is 2.19. The van der Waals surface area contributed by atoms with Crippen LogP contribution >= 0.6 is 0 Å². The second-order valence-electron chi connectivity index (χ2n) is 7.36. The van der Waals surface area contributed by atoms with E-state index >= 15 is 0 Å². The van der Waals surface area contributed by atoms with Gasteiger partial charge in [0.1, 0.15) is 5.60 Å². The molecule has 0 radical (unpaired) electrons. The largest absolute Gasteiger partial charge is 0.481 e. The van der Waals surface area contributed by atoms with Crippen LogP contribution in [0.4, 0.5) is 9.59 Å². The second kappa shape index (κ2) is 7.27. The summed E-state index contributed by atoms with van der Waals surface area (Å²) in [6.07, 6.45) is 0.963. The lowest BCUT2D eigenvalue weighted by molar-refractivity contribution is -0.143. The fraction of sp³-hybridized carbons (Fsp3) is 0.812. The minimum Gasteiger partial charge on any atom is -0.481 e. The van der Waals surface area contributed by atoms with Gasteiger partial charge in [-0.1, -0.05) is 0 Å². The predicted molar refractivity (Wildman–Crippen MR) is 86.7 cm³/mol. The van der Waals surface area contributed by atoms with Crippen molar-refractivity contribution in [1.82, 2.24) is 14.7 Å². The SMILES string of the molecule is CC(C)(C)OC(=O)N1CCN(C(=O)N2CCC[C@H](C(=O)O)C2)CC1. The summed E-state index contributed by atoms with van der Waals surface area (Å²) >= 11 is 0. The molecule has 24 heavy (non-hydrogen) atoms. The normalized spacial score (nSPS) is 22.3. The maximum absolute atomic E-state index is 12.6. The Bertz CT molecular complexity index is 494. The van der Waals surface area contributed by atoms with Crippen molar-refractivity contribution < 1.29 is 24.2 Å². The number of carbonyl (C=O) groups is 3. The molecule has 2 rings (SSSR count). The van der Waals surface area contributed by atoms with Crippen molar-refractivity contribution in [1.29, 1.82) is 0 Å². The van der Waals surface area contributed by atoms with Crippen molar-refractivity contribution >= 4 is 18.1 Å². The summed E-state index contributed by atoms with van der Waals surface area (Å²) < 4.78 is 5.34. The van der Waals surface area contributed by atoms with Gasteiger partial charge in [0.25, 0.3) is 0 Å². The van der Waals surface area contributed by atoms with Crippen LogP contribution in [0.25, 0.3) is 0 Å². The number of carboxylic acid groups (broad SMARTS) is 1. The van der Waals surface area contributed by atoms with Crippen molar-refractivity contribution in [2.75, 3.05) is 39.3 Å². The Kier molecular flexibility index (Phi) is 5.56. The van der Waals surface area contributed by atoms with Gasteiger partial charge in [0.05, 0.1) is 5.92 Å². The van der Waals surface area contributed by atoms with E-state index < -0.39 is 17.5 Å².